The Bertz CT molecular complexity index is 633. The molecule has 0 radical (unpaired) electrons. The van der Waals surface area contributed by atoms with Gasteiger partial charge in [-0.15, -0.1) is 11.3 Å². The second kappa shape index (κ2) is 6.52. The van der Waals surface area contributed by atoms with Gasteiger partial charge in [-0.2, -0.15) is 0 Å². The highest BCUT2D eigenvalue weighted by Gasteiger charge is 2.22. The molecule has 0 spiro atoms. The van der Waals surface area contributed by atoms with Crippen LogP contribution in [0.25, 0.3) is 0 Å². The lowest BCUT2D eigenvalue weighted by Crippen LogP contribution is -1.99. The van der Waals surface area contributed by atoms with Gasteiger partial charge in [0.1, 0.15) is 5.82 Å². The smallest absolute Gasteiger partial charge is 0.163 e. The molecule has 7 heteroatoms. The van der Waals surface area contributed by atoms with Crippen molar-refractivity contribution in [1.29, 1.82) is 0 Å². The summed E-state index contributed by atoms with van der Waals surface area (Å²) in [4.78, 5) is -0.418. The number of alkyl halides is 1. The van der Waals surface area contributed by atoms with Crippen LogP contribution in [0.4, 0.5) is 4.39 Å². The van der Waals surface area contributed by atoms with Crippen LogP contribution < -0.4 is 9.47 Å². The van der Waals surface area contributed by atoms with Gasteiger partial charge in [-0.3, -0.25) is 0 Å². The van der Waals surface area contributed by atoms with Crippen molar-refractivity contribution in [3.63, 3.8) is 0 Å². The molecule has 0 fully saturated rings. The number of methoxy groups -OCH3 is 2. The minimum Gasteiger partial charge on any atom is -0.493 e. The zero-order valence-corrected chi connectivity index (χ0v) is 14.5. The average molecular weight is 400 g/mol. The van der Waals surface area contributed by atoms with Crippen LogP contribution in [-0.4, -0.2) is 14.2 Å². The number of thiophene rings is 1. The maximum absolute atomic E-state index is 14.2. The molecule has 0 aliphatic rings. The standard InChI is InChI=1S/C13H10BrCl2FO2S/c1-18-9-3-6(8(17)5-10(9)19-2)12(14)7-4-11(15)20-13(7)16/h3-5,12H,1-2H3. The van der Waals surface area contributed by atoms with E-state index in [0.29, 0.717) is 31.3 Å². The third kappa shape index (κ3) is 3.06. The molecule has 2 aromatic rings. The third-order valence-corrected chi connectivity index (χ3v) is 5.24. The zero-order chi connectivity index (χ0) is 14.9. The van der Waals surface area contributed by atoms with E-state index in [0.717, 1.165) is 0 Å². The molecule has 0 aliphatic heterocycles. The summed E-state index contributed by atoms with van der Waals surface area (Å²) in [6.07, 6.45) is 0. The van der Waals surface area contributed by atoms with E-state index < -0.39 is 10.6 Å². The van der Waals surface area contributed by atoms with Crippen molar-refractivity contribution in [2.75, 3.05) is 14.2 Å². The Morgan fingerprint density at radius 1 is 1.10 bits per heavy atom. The Kier molecular flexibility index (Phi) is 5.18. The monoisotopic (exact) mass is 398 g/mol. The number of rotatable bonds is 4. The molecule has 1 unspecified atom stereocenters. The van der Waals surface area contributed by atoms with E-state index in [1.807, 2.05) is 0 Å². The zero-order valence-electron chi connectivity index (χ0n) is 10.5. The Balaban J connectivity index is 2.49. The first-order valence-electron chi connectivity index (χ1n) is 5.48. The molecule has 20 heavy (non-hydrogen) atoms. The van der Waals surface area contributed by atoms with E-state index in [-0.39, 0.29) is 0 Å². The highest BCUT2D eigenvalue weighted by Crippen LogP contribution is 2.44. The minimum absolute atomic E-state index is 0.336. The summed E-state index contributed by atoms with van der Waals surface area (Å²) >= 11 is 16.7. The second-order valence-corrected chi connectivity index (χ2v) is 7.07. The number of benzene rings is 1. The van der Waals surface area contributed by atoms with E-state index >= 15 is 0 Å². The molecule has 1 atom stereocenters. The maximum Gasteiger partial charge on any atom is 0.163 e. The van der Waals surface area contributed by atoms with Crippen LogP contribution in [-0.2, 0) is 0 Å². The summed E-state index contributed by atoms with van der Waals surface area (Å²) in [6, 6.07) is 4.57. The minimum atomic E-state index is -0.418. The normalized spacial score (nSPS) is 12.3. The van der Waals surface area contributed by atoms with Gasteiger partial charge in [0.05, 0.1) is 27.7 Å². The predicted molar refractivity (Wildman–Crippen MR) is 84.6 cm³/mol. The molecule has 0 saturated carbocycles. The largest absolute Gasteiger partial charge is 0.493 e. The van der Waals surface area contributed by atoms with Gasteiger partial charge in [-0.05, 0) is 12.1 Å². The molecule has 1 aromatic heterocycles. The Hall–Kier alpha value is -0.490. The van der Waals surface area contributed by atoms with Gasteiger partial charge in [0, 0.05) is 17.2 Å². The van der Waals surface area contributed by atoms with Crippen LogP contribution in [0.1, 0.15) is 16.0 Å². The molecule has 2 rings (SSSR count). The fourth-order valence-electron chi connectivity index (χ4n) is 1.76. The topological polar surface area (TPSA) is 18.5 Å². The van der Waals surface area contributed by atoms with Gasteiger partial charge in [-0.25, -0.2) is 4.39 Å². The van der Waals surface area contributed by atoms with Crippen LogP contribution in [0.15, 0.2) is 18.2 Å². The molecule has 0 aliphatic carbocycles. The lowest BCUT2D eigenvalue weighted by molar-refractivity contribution is 0.351. The SMILES string of the molecule is COc1cc(F)c(C(Br)c2cc(Cl)sc2Cl)cc1OC. The number of hydrogen-bond acceptors (Lipinski definition) is 3. The van der Waals surface area contributed by atoms with Gasteiger partial charge in [0.25, 0.3) is 0 Å². The van der Waals surface area contributed by atoms with Crippen LogP contribution in [0.5, 0.6) is 11.5 Å². The summed E-state index contributed by atoms with van der Waals surface area (Å²) in [7, 11) is 2.95. The fourth-order valence-corrected chi connectivity index (χ4v) is 4.28. The summed E-state index contributed by atoms with van der Waals surface area (Å²) in [5, 5.41) is 0. The Morgan fingerprint density at radius 3 is 2.20 bits per heavy atom. The van der Waals surface area contributed by atoms with Crippen molar-refractivity contribution in [3.8, 4) is 11.5 Å². The maximum atomic E-state index is 14.2. The number of halogens is 4. The first kappa shape index (κ1) is 15.9. The highest BCUT2D eigenvalue weighted by atomic mass is 79.9. The van der Waals surface area contributed by atoms with Crippen LogP contribution >= 0.6 is 50.5 Å². The molecule has 0 N–H and O–H groups in total. The number of hydrogen-bond donors (Lipinski definition) is 0. The summed E-state index contributed by atoms with van der Waals surface area (Å²) < 4.78 is 25.5. The first-order chi connectivity index (χ1) is 9.47. The van der Waals surface area contributed by atoms with Crippen LogP contribution in [0.2, 0.25) is 8.67 Å². The summed E-state index contributed by atoms with van der Waals surface area (Å²) in [5.74, 6) is 0.372. The summed E-state index contributed by atoms with van der Waals surface area (Å²) in [5.41, 5.74) is 1.12. The van der Waals surface area contributed by atoms with E-state index in [2.05, 4.69) is 15.9 Å². The van der Waals surface area contributed by atoms with Crippen molar-refractivity contribution >= 4 is 50.5 Å². The van der Waals surface area contributed by atoms with Crippen LogP contribution in [0, 0.1) is 5.82 Å². The van der Waals surface area contributed by atoms with Crippen molar-refractivity contribution < 1.29 is 13.9 Å². The summed E-state index contributed by atoms with van der Waals surface area (Å²) in [6.45, 7) is 0. The molecule has 0 amide bonds. The quantitative estimate of drug-likeness (QED) is 0.614. The van der Waals surface area contributed by atoms with E-state index in [1.54, 1.807) is 12.1 Å². The fraction of sp³-hybridized carbons (Fsp3) is 0.231. The van der Waals surface area contributed by atoms with E-state index in [4.69, 9.17) is 32.7 Å². The van der Waals surface area contributed by atoms with Gasteiger partial charge in [-0.1, -0.05) is 39.1 Å². The molecule has 1 aromatic carbocycles. The van der Waals surface area contributed by atoms with E-state index in [1.165, 1.54) is 31.6 Å². The molecule has 2 nitrogen and oxygen atoms in total. The van der Waals surface area contributed by atoms with Gasteiger partial charge in [0.15, 0.2) is 11.5 Å². The van der Waals surface area contributed by atoms with Gasteiger partial charge < -0.3 is 9.47 Å². The molecule has 1 heterocycles. The molecular weight excluding hydrogens is 390 g/mol. The van der Waals surface area contributed by atoms with Gasteiger partial charge >= 0.3 is 0 Å². The molecular formula is C13H10BrCl2FO2S. The Labute approximate surface area is 138 Å². The molecule has 0 saturated heterocycles. The predicted octanol–water partition coefficient (Wildman–Crippen LogP) is 5.70. The highest BCUT2D eigenvalue weighted by molar-refractivity contribution is 9.09. The first-order valence-corrected chi connectivity index (χ1v) is 7.97. The lowest BCUT2D eigenvalue weighted by Gasteiger charge is -2.14. The number of ether oxygens (including phenoxy) is 2. The van der Waals surface area contributed by atoms with Crippen molar-refractivity contribution in [3.05, 3.63) is 43.8 Å². The lowest BCUT2D eigenvalue weighted by atomic mass is 10.1. The second-order valence-electron chi connectivity index (χ2n) is 3.87. The van der Waals surface area contributed by atoms with Gasteiger partial charge in [0.2, 0.25) is 0 Å². The Morgan fingerprint density at radius 2 is 1.70 bits per heavy atom. The molecule has 108 valence electrons. The van der Waals surface area contributed by atoms with Crippen molar-refractivity contribution in [2.45, 2.75) is 4.83 Å². The van der Waals surface area contributed by atoms with Crippen molar-refractivity contribution in [1.82, 2.24) is 0 Å². The molecule has 0 bridgehead atoms. The average Bonchev–Trinajstić information content (AvgIpc) is 2.76. The van der Waals surface area contributed by atoms with Crippen molar-refractivity contribution in [2.24, 2.45) is 0 Å². The third-order valence-electron chi connectivity index (χ3n) is 2.73. The van der Waals surface area contributed by atoms with E-state index in [9.17, 15) is 4.39 Å². The van der Waals surface area contributed by atoms with Crippen LogP contribution in [0.3, 0.4) is 0 Å².